The van der Waals surface area contributed by atoms with Gasteiger partial charge in [0.15, 0.2) is 0 Å². The lowest BCUT2D eigenvalue weighted by Gasteiger charge is -2.06. The number of nitrogens with one attached hydrogen (secondary N) is 1. The fraction of sp³-hybridized carbons (Fsp3) is 0.312. The number of aromatic nitrogens is 4. The standard InChI is InChI=1S/C16H19N5O2/c1-19-13-5-2-3-6-14(13)21(16(19)23)11-15(22)18-7-4-9-20-10-8-17-12-20/h2-3,5-6,8,10,12H,4,7,9,11H2,1H3,(H,18,22). The van der Waals surface area contributed by atoms with E-state index in [0.717, 1.165) is 24.0 Å². The fourth-order valence-corrected chi connectivity index (χ4v) is 2.62. The molecule has 1 N–H and O–H groups in total. The van der Waals surface area contributed by atoms with E-state index in [-0.39, 0.29) is 18.1 Å². The average Bonchev–Trinajstić information content (AvgIpc) is 3.15. The van der Waals surface area contributed by atoms with Crippen LogP contribution in [0.3, 0.4) is 0 Å². The molecule has 0 aliphatic carbocycles. The van der Waals surface area contributed by atoms with Gasteiger partial charge in [-0.15, -0.1) is 0 Å². The molecule has 23 heavy (non-hydrogen) atoms. The summed E-state index contributed by atoms with van der Waals surface area (Å²) >= 11 is 0. The Bertz CT molecular complexity index is 860. The summed E-state index contributed by atoms with van der Waals surface area (Å²) in [5, 5.41) is 2.85. The molecule has 3 rings (SSSR count). The highest BCUT2D eigenvalue weighted by Gasteiger charge is 2.12. The maximum Gasteiger partial charge on any atom is 0.329 e. The number of hydrogen-bond donors (Lipinski definition) is 1. The molecule has 1 amide bonds. The Morgan fingerprint density at radius 1 is 1.26 bits per heavy atom. The summed E-state index contributed by atoms with van der Waals surface area (Å²) in [6.07, 6.45) is 6.17. The molecule has 0 unspecified atom stereocenters. The third kappa shape index (κ3) is 3.18. The fourth-order valence-electron chi connectivity index (χ4n) is 2.62. The van der Waals surface area contributed by atoms with Crippen molar-refractivity contribution in [3.8, 4) is 0 Å². The zero-order valence-electron chi connectivity index (χ0n) is 13.0. The molecule has 7 nitrogen and oxygen atoms in total. The predicted octanol–water partition coefficient (Wildman–Crippen LogP) is 0.743. The molecule has 0 fully saturated rings. The highest BCUT2D eigenvalue weighted by molar-refractivity contribution is 5.80. The van der Waals surface area contributed by atoms with Crippen molar-refractivity contribution in [3.05, 3.63) is 53.5 Å². The molecule has 120 valence electrons. The summed E-state index contributed by atoms with van der Waals surface area (Å²) in [5.41, 5.74) is 1.42. The SMILES string of the molecule is Cn1c(=O)n(CC(=O)NCCCn2ccnc2)c2ccccc21. The summed E-state index contributed by atoms with van der Waals surface area (Å²) in [6, 6.07) is 7.46. The van der Waals surface area contributed by atoms with Gasteiger partial charge in [-0.1, -0.05) is 12.1 Å². The second-order valence-electron chi connectivity index (χ2n) is 5.42. The van der Waals surface area contributed by atoms with Crippen LogP contribution in [0.15, 0.2) is 47.8 Å². The van der Waals surface area contributed by atoms with Crippen molar-refractivity contribution in [1.29, 1.82) is 0 Å². The minimum atomic E-state index is -0.181. The van der Waals surface area contributed by atoms with E-state index in [1.54, 1.807) is 24.1 Å². The number of nitrogens with zero attached hydrogens (tertiary/aromatic N) is 4. The van der Waals surface area contributed by atoms with Crippen LogP contribution in [0.2, 0.25) is 0 Å². The number of imidazole rings is 2. The second kappa shape index (κ2) is 6.51. The zero-order chi connectivity index (χ0) is 16.2. The monoisotopic (exact) mass is 313 g/mol. The summed E-state index contributed by atoms with van der Waals surface area (Å²) in [4.78, 5) is 28.3. The topological polar surface area (TPSA) is 73.8 Å². The zero-order valence-corrected chi connectivity index (χ0v) is 13.0. The smallest absolute Gasteiger partial charge is 0.329 e. The lowest BCUT2D eigenvalue weighted by atomic mass is 10.3. The molecule has 2 aromatic heterocycles. The van der Waals surface area contributed by atoms with E-state index in [0.29, 0.717) is 6.54 Å². The van der Waals surface area contributed by atoms with E-state index in [9.17, 15) is 9.59 Å². The molecule has 0 radical (unpaired) electrons. The van der Waals surface area contributed by atoms with Gasteiger partial charge in [-0.3, -0.25) is 13.9 Å². The van der Waals surface area contributed by atoms with Crippen molar-refractivity contribution in [3.63, 3.8) is 0 Å². The van der Waals surface area contributed by atoms with Gasteiger partial charge in [-0.05, 0) is 18.6 Å². The number of benzene rings is 1. The molecule has 3 aromatic rings. The predicted molar refractivity (Wildman–Crippen MR) is 87.0 cm³/mol. The van der Waals surface area contributed by atoms with Crippen LogP contribution in [0.5, 0.6) is 0 Å². The van der Waals surface area contributed by atoms with E-state index in [1.165, 1.54) is 4.57 Å². The maximum atomic E-state index is 12.2. The first-order valence-electron chi connectivity index (χ1n) is 7.53. The van der Waals surface area contributed by atoms with Gasteiger partial charge < -0.3 is 9.88 Å². The largest absolute Gasteiger partial charge is 0.354 e. The molecule has 0 aliphatic heterocycles. The minimum Gasteiger partial charge on any atom is -0.354 e. The molecular formula is C16H19N5O2. The molecule has 0 bridgehead atoms. The Kier molecular flexibility index (Phi) is 4.27. The van der Waals surface area contributed by atoms with Crippen molar-refractivity contribution >= 4 is 16.9 Å². The lowest BCUT2D eigenvalue weighted by Crippen LogP contribution is -2.33. The number of rotatable bonds is 6. The number of para-hydroxylation sites is 2. The average molecular weight is 313 g/mol. The van der Waals surface area contributed by atoms with Crippen LogP contribution in [0.25, 0.3) is 11.0 Å². The van der Waals surface area contributed by atoms with Crippen molar-refractivity contribution in [1.82, 2.24) is 24.0 Å². The van der Waals surface area contributed by atoms with E-state index in [1.807, 2.05) is 35.0 Å². The number of fused-ring (bicyclic) bond motifs is 1. The van der Waals surface area contributed by atoms with Crippen molar-refractivity contribution in [2.75, 3.05) is 6.54 Å². The summed E-state index contributed by atoms with van der Waals surface area (Å²) in [5.74, 6) is -0.158. The van der Waals surface area contributed by atoms with Gasteiger partial charge in [0.1, 0.15) is 6.54 Å². The quantitative estimate of drug-likeness (QED) is 0.682. The van der Waals surface area contributed by atoms with Crippen LogP contribution < -0.4 is 11.0 Å². The Hall–Kier alpha value is -2.83. The summed E-state index contributed by atoms with van der Waals surface area (Å²) in [7, 11) is 1.71. The lowest BCUT2D eigenvalue weighted by molar-refractivity contribution is -0.121. The Morgan fingerprint density at radius 2 is 2.04 bits per heavy atom. The third-order valence-electron chi connectivity index (χ3n) is 3.83. The molecule has 1 aromatic carbocycles. The Labute approximate surface area is 133 Å². The normalized spacial score (nSPS) is 11.0. The van der Waals surface area contributed by atoms with Crippen LogP contribution >= 0.6 is 0 Å². The van der Waals surface area contributed by atoms with Crippen LogP contribution in [0, 0.1) is 0 Å². The van der Waals surface area contributed by atoms with Crippen molar-refractivity contribution < 1.29 is 4.79 Å². The van der Waals surface area contributed by atoms with Crippen molar-refractivity contribution in [2.45, 2.75) is 19.5 Å². The second-order valence-corrected chi connectivity index (χ2v) is 5.42. The van der Waals surface area contributed by atoms with Gasteiger partial charge in [-0.25, -0.2) is 9.78 Å². The summed E-state index contributed by atoms with van der Waals surface area (Å²) in [6.45, 7) is 1.40. The van der Waals surface area contributed by atoms with Crippen molar-refractivity contribution in [2.24, 2.45) is 7.05 Å². The number of amides is 1. The molecule has 0 saturated heterocycles. The molecule has 7 heteroatoms. The molecular weight excluding hydrogens is 294 g/mol. The molecule has 0 saturated carbocycles. The summed E-state index contributed by atoms with van der Waals surface area (Å²) < 4.78 is 5.02. The Balaban J connectivity index is 1.60. The number of aryl methyl sites for hydroxylation is 2. The van der Waals surface area contributed by atoms with E-state index >= 15 is 0 Å². The minimum absolute atomic E-state index is 0.0330. The maximum absolute atomic E-state index is 12.2. The van der Waals surface area contributed by atoms with Gasteiger partial charge in [0.2, 0.25) is 5.91 Å². The van der Waals surface area contributed by atoms with E-state index in [4.69, 9.17) is 0 Å². The highest BCUT2D eigenvalue weighted by atomic mass is 16.2. The first-order valence-corrected chi connectivity index (χ1v) is 7.53. The van der Waals surface area contributed by atoms with Gasteiger partial charge in [-0.2, -0.15) is 0 Å². The van der Waals surface area contributed by atoms with E-state index in [2.05, 4.69) is 10.3 Å². The molecule has 0 atom stereocenters. The van der Waals surface area contributed by atoms with Gasteiger partial charge in [0, 0.05) is 32.5 Å². The third-order valence-corrected chi connectivity index (χ3v) is 3.83. The van der Waals surface area contributed by atoms with Crippen LogP contribution in [-0.4, -0.2) is 31.1 Å². The first kappa shape index (κ1) is 15.1. The number of carbonyl (C=O) groups excluding carboxylic acids is 1. The first-order chi connectivity index (χ1) is 11.2. The number of hydrogen-bond acceptors (Lipinski definition) is 3. The van der Waals surface area contributed by atoms with Crippen LogP contribution in [0.1, 0.15) is 6.42 Å². The van der Waals surface area contributed by atoms with Crippen LogP contribution in [0.4, 0.5) is 0 Å². The number of carbonyl (C=O) groups is 1. The van der Waals surface area contributed by atoms with Gasteiger partial charge in [0.05, 0.1) is 17.4 Å². The van der Waals surface area contributed by atoms with Crippen LogP contribution in [-0.2, 0) is 24.9 Å². The highest BCUT2D eigenvalue weighted by Crippen LogP contribution is 2.10. The molecule has 0 aliphatic rings. The van der Waals surface area contributed by atoms with Gasteiger partial charge in [0.25, 0.3) is 0 Å². The molecule has 0 spiro atoms. The molecule has 2 heterocycles. The Morgan fingerprint density at radius 3 is 2.78 bits per heavy atom. The van der Waals surface area contributed by atoms with Gasteiger partial charge >= 0.3 is 5.69 Å². The van der Waals surface area contributed by atoms with E-state index < -0.39 is 0 Å².